The van der Waals surface area contributed by atoms with Crippen LogP contribution in [0.15, 0.2) is 72.9 Å². The molecule has 2 amide bonds. The number of benzene rings is 2. The molecule has 0 spiro atoms. The zero-order valence-corrected chi connectivity index (χ0v) is 22.8. The molecule has 1 saturated heterocycles. The van der Waals surface area contributed by atoms with Gasteiger partial charge in [-0.05, 0) is 55.5 Å². The van der Waals surface area contributed by atoms with Gasteiger partial charge in [0, 0.05) is 38.3 Å². The number of rotatable bonds is 3. The quantitative estimate of drug-likeness (QED) is 0.466. The Hall–Kier alpha value is -2.93. The lowest BCUT2D eigenvalue weighted by molar-refractivity contribution is -0.121. The van der Waals surface area contributed by atoms with Crippen molar-refractivity contribution in [3.63, 3.8) is 0 Å². The van der Waals surface area contributed by atoms with Gasteiger partial charge in [0.15, 0.2) is 0 Å². The number of nitrogens with zero attached hydrogens (tertiary/aromatic N) is 2. The molecule has 0 bridgehead atoms. The molecule has 0 radical (unpaired) electrons. The third-order valence-corrected chi connectivity index (χ3v) is 6.49. The Morgan fingerprint density at radius 3 is 2.30 bits per heavy atom. The molecule has 1 atom stereocenters. The van der Waals surface area contributed by atoms with E-state index >= 15 is 0 Å². The maximum atomic E-state index is 13.8. The molecule has 1 aliphatic rings. The van der Waals surface area contributed by atoms with Gasteiger partial charge in [0.1, 0.15) is 0 Å². The fourth-order valence-corrected chi connectivity index (χ4v) is 4.62. The average molecular weight is 544 g/mol. The highest BCUT2D eigenvalue weighted by atomic mass is 35.5. The van der Waals surface area contributed by atoms with Gasteiger partial charge in [-0.15, -0.1) is 24.8 Å². The van der Waals surface area contributed by atoms with Gasteiger partial charge in [-0.1, -0.05) is 60.7 Å². The van der Waals surface area contributed by atoms with Gasteiger partial charge in [-0.3, -0.25) is 14.6 Å². The zero-order valence-electron chi connectivity index (χ0n) is 21.2. The number of pyridine rings is 1. The van der Waals surface area contributed by atoms with Crippen LogP contribution in [0.1, 0.15) is 53.3 Å². The third kappa shape index (κ3) is 8.29. The summed E-state index contributed by atoms with van der Waals surface area (Å²) in [7, 11) is 0. The smallest absolute Gasteiger partial charge is 0.256 e. The number of nitrogens with one attached hydrogen (secondary N) is 2. The molecule has 1 unspecified atom stereocenters. The minimum absolute atomic E-state index is 0. The van der Waals surface area contributed by atoms with Crippen molar-refractivity contribution < 1.29 is 9.59 Å². The number of carbonyl (C=O) groups is 2. The second kappa shape index (κ2) is 15.4. The summed E-state index contributed by atoms with van der Waals surface area (Å²) in [6.45, 7) is 4.50. The first kappa shape index (κ1) is 30.3. The van der Waals surface area contributed by atoms with E-state index in [-0.39, 0.29) is 42.7 Å². The number of halogens is 2. The molecule has 4 rings (SSSR count). The maximum Gasteiger partial charge on any atom is 0.256 e. The van der Waals surface area contributed by atoms with Crippen molar-refractivity contribution in [1.82, 2.24) is 20.5 Å². The molecular weight excluding hydrogens is 507 g/mol. The molecule has 0 saturated carbocycles. The summed E-state index contributed by atoms with van der Waals surface area (Å²) >= 11 is 0. The van der Waals surface area contributed by atoms with E-state index in [1.54, 1.807) is 6.20 Å². The number of aromatic nitrogens is 1. The Morgan fingerprint density at radius 2 is 1.57 bits per heavy atom. The van der Waals surface area contributed by atoms with E-state index in [1.807, 2.05) is 66.4 Å². The van der Waals surface area contributed by atoms with Crippen LogP contribution in [-0.2, 0) is 4.79 Å². The molecule has 37 heavy (non-hydrogen) atoms. The van der Waals surface area contributed by atoms with Gasteiger partial charge in [-0.2, -0.15) is 0 Å². The molecular formula is C29H36Cl2N4O2. The number of hydrogen-bond acceptors (Lipinski definition) is 4. The zero-order chi connectivity index (χ0) is 24.5. The molecule has 198 valence electrons. The minimum Gasteiger partial charge on any atom is -0.356 e. The summed E-state index contributed by atoms with van der Waals surface area (Å²) in [5.41, 5.74) is 4.44. The number of hydrogen-bond donors (Lipinski definition) is 2. The van der Waals surface area contributed by atoms with E-state index in [2.05, 4.69) is 27.8 Å². The molecule has 6 nitrogen and oxygen atoms in total. The second-order valence-corrected chi connectivity index (χ2v) is 9.01. The Morgan fingerprint density at radius 1 is 0.892 bits per heavy atom. The minimum atomic E-state index is -0.0128. The van der Waals surface area contributed by atoms with E-state index in [0.717, 1.165) is 41.8 Å². The first-order valence-corrected chi connectivity index (χ1v) is 12.5. The van der Waals surface area contributed by atoms with E-state index in [1.165, 1.54) is 0 Å². The Balaban J connectivity index is 0.00000241. The van der Waals surface area contributed by atoms with Gasteiger partial charge in [0.2, 0.25) is 5.91 Å². The van der Waals surface area contributed by atoms with Crippen LogP contribution < -0.4 is 10.6 Å². The van der Waals surface area contributed by atoms with Crippen molar-refractivity contribution in [3.05, 3.63) is 89.7 Å². The molecule has 0 aliphatic carbocycles. The van der Waals surface area contributed by atoms with Crippen molar-refractivity contribution in [2.24, 2.45) is 0 Å². The maximum absolute atomic E-state index is 13.8. The van der Waals surface area contributed by atoms with E-state index in [0.29, 0.717) is 38.0 Å². The van der Waals surface area contributed by atoms with Crippen LogP contribution in [-0.4, -0.2) is 47.9 Å². The van der Waals surface area contributed by atoms with Gasteiger partial charge >= 0.3 is 0 Å². The highest BCUT2D eigenvalue weighted by Crippen LogP contribution is 2.26. The van der Waals surface area contributed by atoms with Crippen LogP contribution in [0.4, 0.5) is 0 Å². The SMILES string of the molecule is Cc1nccc(-c2ccccc2)c1C(=O)N1CCCCNC(c2ccccc2)CC(=O)NCCC1.Cl.Cl. The highest BCUT2D eigenvalue weighted by molar-refractivity contribution is 6.01. The van der Waals surface area contributed by atoms with Gasteiger partial charge < -0.3 is 15.5 Å². The molecule has 2 N–H and O–H groups in total. The summed E-state index contributed by atoms with van der Waals surface area (Å²) in [6.07, 6.45) is 4.69. The lowest BCUT2D eigenvalue weighted by Gasteiger charge is -2.25. The van der Waals surface area contributed by atoms with Crippen LogP contribution in [0.3, 0.4) is 0 Å². The van der Waals surface area contributed by atoms with Crippen LogP contribution in [0.5, 0.6) is 0 Å². The summed E-state index contributed by atoms with van der Waals surface area (Å²) in [5.74, 6) is 0.0312. The van der Waals surface area contributed by atoms with Crippen molar-refractivity contribution >= 4 is 36.6 Å². The third-order valence-electron chi connectivity index (χ3n) is 6.49. The highest BCUT2D eigenvalue weighted by Gasteiger charge is 2.23. The van der Waals surface area contributed by atoms with E-state index in [4.69, 9.17) is 0 Å². The van der Waals surface area contributed by atoms with Crippen LogP contribution in [0.2, 0.25) is 0 Å². The monoisotopic (exact) mass is 542 g/mol. The van der Waals surface area contributed by atoms with Crippen molar-refractivity contribution in [2.45, 2.75) is 38.6 Å². The van der Waals surface area contributed by atoms with Gasteiger partial charge in [0.05, 0.1) is 11.3 Å². The van der Waals surface area contributed by atoms with Gasteiger partial charge in [-0.25, -0.2) is 0 Å². The second-order valence-electron chi connectivity index (χ2n) is 9.01. The molecule has 1 aliphatic heterocycles. The number of carbonyl (C=O) groups excluding carboxylic acids is 2. The lowest BCUT2D eigenvalue weighted by atomic mass is 9.98. The van der Waals surface area contributed by atoms with Crippen LogP contribution >= 0.6 is 24.8 Å². The summed E-state index contributed by atoms with van der Waals surface area (Å²) in [4.78, 5) is 32.8. The first-order valence-electron chi connectivity index (χ1n) is 12.5. The predicted octanol–water partition coefficient (Wildman–Crippen LogP) is 5.36. The normalized spacial score (nSPS) is 17.1. The summed E-state index contributed by atoms with van der Waals surface area (Å²) in [5, 5.41) is 6.59. The average Bonchev–Trinajstić information content (AvgIpc) is 2.91. The fourth-order valence-electron chi connectivity index (χ4n) is 4.62. The fraction of sp³-hybridized carbons (Fsp3) is 0.345. The van der Waals surface area contributed by atoms with Crippen LogP contribution in [0, 0.1) is 6.92 Å². The molecule has 3 aromatic rings. The molecule has 1 aromatic heterocycles. The van der Waals surface area contributed by atoms with Crippen molar-refractivity contribution in [2.75, 3.05) is 26.2 Å². The Labute approximate surface area is 232 Å². The Bertz CT molecular complexity index is 1130. The first-order chi connectivity index (χ1) is 17.1. The van der Waals surface area contributed by atoms with Gasteiger partial charge in [0.25, 0.3) is 5.91 Å². The Kier molecular flexibility index (Phi) is 12.6. The summed E-state index contributed by atoms with van der Waals surface area (Å²) < 4.78 is 0. The predicted molar refractivity (Wildman–Crippen MR) is 153 cm³/mol. The van der Waals surface area contributed by atoms with E-state index in [9.17, 15) is 9.59 Å². The summed E-state index contributed by atoms with van der Waals surface area (Å²) in [6, 6.07) is 22.0. The molecule has 2 heterocycles. The van der Waals surface area contributed by atoms with Crippen molar-refractivity contribution in [1.29, 1.82) is 0 Å². The van der Waals surface area contributed by atoms with E-state index < -0.39 is 0 Å². The molecule has 8 heteroatoms. The number of aryl methyl sites for hydroxylation is 1. The molecule has 1 fully saturated rings. The standard InChI is InChI=1S/C29H34N4O2.2ClH/c1-22-28(25(15-18-30-22)23-11-4-2-5-12-23)29(35)33-19-9-8-16-31-26(24-13-6-3-7-14-24)21-27(34)32-17-10-20-33;;/h2-7,11-15,18,26,31H,8-10,16-17,19-21H2,1H3,(H,32,34);2*1H. The topological polar surface area (TPSA) is 74.3 Å². The largest absolute Gasteiger partial charge is 0.356 e. The molecule has 2 aromatic carbocycles. The number of amides is 2. The van der Waals surface area contributed by atoms with Crippen LogP contribution in [0.25, 0.3) is 11.1 Å². The lowest BCUT2D eigenvalue weighted by Crippen LogP contribution is -2.36. The van der Waals surface area contributed by atoms with Crippen molar-refractivity contribution in [3.8, 4) is 11.1 Å².